The van der Waals surface area contributed by atoms with Crippen LogP contribution in [0.3, 0.4) is 0 Å². The molecule has 0 atom stereocenters. The first-order valence-corrected chi connectivity index (χ1v) is 10.9. The van der Waals surface area contributed by atoms with Gasteiger partial charge in [0.2, 0.25) is 0 Å². The van der Waals surface area contributed by atoms with E-state index in [9.17, 15) is 5.26 Å². The number of hydrogen-bond donors (Lipinski definition) is 0. The summed E-state index contributed by atoms with van der Waals surface area (Å²) in [5.41, 5.74) is 3.66. The Morgan fingerprint density at radius 1 is 1.13 bits per heavy atom. The molecule has 1 aliphatic rings. The van der Waals surface area contributed by atoms with Gasteiger partial charge in [0.15, 0.2) is 0 Å². The van der Waals surface area contributed by atoms with Crippen molar-refractivity contribution in [3.05, 3.63) is 76.7 Å². The average molecular weight is 415 g/mol. The number of rotatable bonds is 8. The Morgan fingerprint density at radius 2 is 1.97 bits per heavy atom. The molecule has 1 fully saturated rings. The lowest BCUT2D eigenvalue weighted by atomic mass is 10.0. The predicted molar refractivity (Wildman–Crippen MR) is 115 cm³/mol. The van der Waals surface area contributed by atoms with E-state index in [0.717, 1.165) is 22.3 Å². The molecule has 0 amide bonds. The quantitative estimate of drug-likeness (QED) is 0.494. The van der Waals surface area contributed by atoms with Crippen LogP contribution in [0.1, 0.15) is 53.8 Å². The molecule has 30 heavy (non-hydrogen) atoms. The van der Waals surface area contributed by atoms with Crippen molar-refractivity contribution in [2.24, 2.45) is 0 Å². The molecular weight excluding hydrogens is 392 g/mol. The van der Waals surface area contributed by atoms with Crippen molar-refractivity contribution in [3.63, 3.8) is 0 Å². The summed E-state index contributed by atoms with van der Waals surface area (Å²) in [4.78, 5) is 5.37. The zero-order valence-electron chi connectivity index (χ0n) is 16.8. The molecule has 0 unspecified atom stereocenters. The molecule has 0 saturated heterocycles. The summed E-state index contributed by atoms with van der Waals surface area (Å²) < 4.78 is 8.13. The lowest BCUT2D eigenvalue weighted by Crippen LogP contribution is -2.06. The van der Waals surface area contributed by atoms with Gasteiger partial charge in [-0.3, -0.25) is 0 Å². The van der Waals surface area contributed by atoms with Crippen LogP contribution in [-0.4, -0.2) is 9.55 Å². The molecule has 1 saturated carbocycles. The van der Waals surface area contributed by atoms with Gasteiger partial charge in [-0.25, -0.2) is 4.98 Å². The second-order valence-corrected chi connectivity index (χ2v) is 8.32. The summed E-state index contributed by atoms with van der Waals surface area (Å²) >= 11 is 1.49. The van der Waals surface area contributed by atoms with E-state index in [0.29, 0.717) is 30.3 Å². The zero-order chi connectivity index (χ0) is 20.9. The van der Waals surface area contributed by atoms with Gasteiger partial charge < -0.3 is 9.30 Å². The highest BCUT2D eigenvalue weighted by atomic mass is 32.2. The summed E-state index contributed by atoms with van der Waals surface area (Å²) in [5, 5.41) is 19.4. The van der Waals surface area contributed by atoms with E-state index in [4.69, 9.17) is 10.00 Å². The monoisotopic (exact) mass is 414 g/mol. The summed E-state index contributed by atoms with van der Waals surface area (Å²) in [6.07, 6.45) is 4.38. The van der Waals surface area contributed by atoms with Gasteiger partial charge in [0.25, 0.3) is 0 Å². The molecule has 0 bridgehead atoms. The van der Waals surface area contributed by atoms with Crippen LogP contribution in [-0.2, 0) is 24.5 Å². The normalized spacial score (nSPS) is 13.0. The standard InChI is InChI=1S/C24H22N4OS/c1-2-28-23(16-29-15-19-5-3-4-6-21(19)18-8-9-18)27-14-24(28)30-22-10-7-17(12-25)11-20(22)13-26/h3-7,10-11,14,18H,2,8-9,15-16H2,1H3. The summed E-state index contributed by atoms with van der Waals surface area (Å²) in [6, 6.07) is 18.0. The largest absolute Gasteiger partial charge is 0.369 e. The summed E-state index contributed by atoms with van der Waals surface area (Å²) in [6.45, 7) is 3.85. The Labute approximate surface area is 180 Å². The van der Waals surface area contributed by atoms with Crippen molar-refractivity contribution in [1.82, 2.24) is 9.55 Å². The Kier molecular flexibility index (Phi) is 6.18. The van der Waals surface area contributed by atoms with Crippen molar-refractivity contribution < 1.29 is 4.74 Å². The van der Waals surface area contributed by atoms with Gasteiger partial charge in [-0.1, -0.05) is 36.0 Å². The van der Waals surface area contributed by atoms with E-state index in [1.165, 1.54) is 35.7 Å². The van der Waals surface area contributed by atoms with Gasteiger partial charge in [-0.15, -0.1) is 0 Å². The van der Waals surface area contributed by atoms with Crippen LogP contribution in [0.5, 0.6) is 0 Å². The third kappa shape index (κ3) is 4.41. The fourth-order valence-electron chi connectivity index (χ4n) is 3.53. The maximum atomic E-state index is 9.42. The van der Waals surface area contributed by atoms with Crippen LogP contribution in [0.25, 0.3) is 0 Å². The molecule has 1 aliphatic carbocycles. The molecule has 0 spiro atoms. The summed E-state index contributed by atoms with van der Waals surface area (Å²) in [7, 11) is 0. The Hall–Kier alpha value is -3.06. The number of benzene rings is 2. The van der Waals surface area contributed by atoms with Crippen molar-refractivity contribution in [2.75, 3.05) is 0 Å². The van der Waals surface area contributed by atoms with Gasteiger partial charge in [0.1, 0.15) is 18.5 Å². The first-order valence-electron chi connectivity index (χ1n) is 10.1. The fourth-order valence-corrected chi connectivity index (χ4v) is 4.56. The number of nitrogens with zero attached hydrogens (tertiary/aromatic N) is 4. The van der Waals surface area contributed by atoms with E-state index < -0.39 is 0 Å². The SMILES string of the molecule is CCn1c(Sc2ccc(C#N)cc2C#N)cnc1COCc1ccccc1C1CC1. The molecule has 1 heterocycles. The van der Waals surface area contributed by atoms with Crippen molar-refractivity contribution in [3.8, 4) is 12.1 Å². The number of nitriles is 2. The van der Waals surface area contributed by atoms with E-state index in [1.54, 1.807) is 12.1 Å². The van der Waals surface area contributed by atoms with Gasteiger partial charge >= 0.3 is 0 Å². The third-order valence-electron chi connectivity index (χ3n) is 5.22. The Balaban J connectivity index is 1.46. The van der Waals surface area contributed by atoms with Gasteiger partial charge in [0, 0.05) is 11.4 Å². The molecule has 150 valence electrons. The minimum atomic E-state index is 0.436. The third-order valence-corrected chi connectivity index (χ3v) is 6.33. The first kappa shape index (κ1) is 20.2. The van der Waals surface area contributed by atoms with E-state index >= 15 is 0 Å². The predicted octanol–water partition coefficient (Wildman–Crippen LogP) is 5.39. The molecule has 3 aromatic rings. The van der Waals surface area contributed by atoms with E-state index in [1.807, 2.05) is 12.3 Å². The minimum absolute atomic E-state index is 0.436. The number of imidazole rings is 1. The van der Waals surface area contributed by atoms with E-state index in [2.05, 4.69) is 52.9 Å². The van der Waals surface area contributed by atoms with Crippen LogP contribution in [0, 0.1) is 22.7 Å². The molecule has 1 aromatic heterocycles. The van der Waals surface area contributed by atoms with Gasteiger partial charge in [-0.05, 0) is 55.0 Å². The molecule has 6 heteroatoms. The topological polar surface area (TPSA) is 74.6 Å². The second-order valence-electron chi connectivity index (χ2n) is 7.26. The van der Waals surface area contributed by atoms with Crippen LogP contribution in [0.2, 0.25) is 0 Å². The first-order chi connectivity index (χ1) is 14.7. The number of ether oxygens (including phenoxy) is 1. The smallest absolute Gasteiger partial charge is 0.135 e. The minimum Gasteiger partial charge on any atom is -0.369 e. The average Bonchev–Trinajstić information content (AvgIpc) is 3.56. The molecule has 0 aliphatic heterocycles. The van der Waals surface area contributed by atoms with Crippen LogP contribution in [0.4, 0.5) is 0 Å². The molecule has 2 aromatic carbocycles. The molecule has 0 N–H and O–H groups in total. The molecular formula is C24H22N4OS. The Bertz CT molecular complexity index is 1130. The maximum Gasteiger partial charge on any atom is 0.135 e. The van der Waals surface area contributed by atoms with Crippen molar-refractivity contribution in [1.29, 1.82) is 10.5 Å². The lowest BCUT2D eigenvalue weighted by molar-refractivity contribution is 0.0985. The maximum absolute atomic E-state index is 9.42. The second kappa shape index (κ2) is 9.17. The highest BCUT2D eigenvalue weighted by Crippen LogP contribution is 2.41. The van der Waals surface area contributed by atoms with Gasteiger partial charge in [0.05, 0.1) is 35.0 Å². The number of hydrogen-bond acceptors (Lipinski definition) is 5. The van der Waals surface area contributed by atoms with Gasteiger partial charge in [-0.2, -0.15) is 10.5 Å². The van der Waals surface area contributed by atoms with Crippen LogP contribution in [0.15, 0.2) is 58.6 Å². The van der Waals surface area contributed by atoms with Crippen molar-refractivity contribution >= 4 is 11.8 Å². The van der Waals surface area contributed by atoms with Crippen LogP contribution >= 0.6 is 11.8 Å². The molecule has 0 radical (unpaired) electrons. The van der Waals surface area contributed by atoms with Crippen molar-refractivity contribution in [2.45, 2.75) is 55.4 Å². The zero-order valence-corrected chi connectivity index (χ0v) is 17.7. The Morgan fingerprint density at radius 3 is 2.70 bits per heavy atom. The lowest BCUT2D eigenvalue weighted by Gasteiger charge is -2.12. The number of aromatic nitrogens is 2. The summed E-state index contributed by atoms with van der Waals surface area (Å²) in [5.74, 6) is 1.57. The highest BCUT2D eigenvalue weighted by molar-refractivity contribution is 7.99. The van der Waals surface area contributed by atoms with E-state index in [-0.39, 0.29) is 0 Å². The van der Waals surface area contributed by atoms with Crippen LogP contribution < -0.4 is 0 Å². The fraction of sp³-hybridized carbons (Fsp3) is 0.292. The molecule has 4 rings (SSSR count). The highest BCUT2D eigenvalue weighted by Gasteiger charge is 2.25. The molecule has 5 nitrogen and oxygen atoms in total.